The molecule has 0 aliphatic rings. The van der Waals surface area contributed by atoms with Crippen LogP contribution in [0.15, 0.2) is 42.5 Å². The van der Waals surface area contributed by atoms with E-state index in [1.807, 2.05) is 12.1 Å². The van der Waals surface area contributed by atoms with Crippen LogP contribution in [0, 0.1) is 0 Å². The fourth-order valence-corrected chi connectivity index (χ4v) is 1.17. The summed E-state index contributed by atoms with van der Waals surface area (Å²) in [5.41, 5.74) is 1.32. The summed E-state index contributed by atoms with van der Waals surface area (Å²) in [6.45, 7) is 2.16. The molecule has 1 aromatic rings. The molecule has 1 heteroatoms. The lowest BCUT2D eigenvalue weighted by Crippen LogP contribution is -1.87. The monoisotopic (exact) mass is 176 g/mol. The van der Waals surface area contributed by atoms with E-state index in [-0.39, 0.29) is 0 Å². The molecule has 0 saturated heterocycles. The van der Waals surface area contributed by atoms with E-state index >= 15 is 0 Å². The Hall–Kier alpha value is -0.950. The molecule has 0 aromatic heterocycles. The fourth-order valence-electron chi connectivity index (χ4n) is 1.08. The first-order valence-corrected chi connectivity index (χ1v) is 4.48. The molecule has 0 nitrogen and oxygen atoms in total. The molecule has 0 fully saturated rings. The Morgan fingerprint density at radius 3 is 2.50 bits per heavy atom. The van der Waals surface area contributed by atoms with Gasteiger partial charge < -0.3 is 0 Å². The van der Waals surface area contributed by atoms with Gasteiger partial charge in [0.25, 0.3) is 0 Å². The Labute approximate surface area is 78.9 Å². The van der Waals surface area contributed by atoms with Gasteiger partial charge in [-0.1, -0.05) is 61.6 Å². The summed E-state index contributed by atoms with van der Waals surface area (Å²) in [4.78, 5) is 0. The summed E-state index contributed by atoms with van der Waals surface area (Å²) >= 11 is 4.71. The predicted octanol–water partition coefficient (Wildman–Crippen LogP) is 3.35. The average molecular weight is 176 g/mol. The van der Waals surface area contributed by atoms with Crippen LogP contribution < -0.4 is 0 Å². The van der Waals surface area contributed by atoms with Crippen molar-refractivity contribution in [1.82, 2.24) is 0 Å². The van der Waals surface area contributed by atoms with Gasteiger partial charge in [0.2, 0.25) is 0 Å². The van der Waals surface area contributed by atoms with Crippen LogP contribution in [0.1, 0.15) is 18.4 Å². The Kier molecular flexibility index (Phi) is 3.68. The van der Waals surface area contributed by atoms with Crippen molar-refractivity contribution in [2.45, 2.75) is 12.8 Å². The average Bonchev–Trinajstić information content (AvgIpc) is 2.15. The van der Waals surface area contributed by atoms with Gasteiger partial charge in [0.15, 0.2) is 0 Å². The van der Waals surface area contributed by atoms with E-state index < -0.39 is 0 Å². The van der Waals surface area contributed by atoms with Gasteiger partial charge in [0, 0.05) is 5.37 Å². The molecule has 0 aliphatic heterocycles. The van der Waals surface area contributed by atoms with Crippen molar-refractivity contribution in [1.29, 1.82) is 0 Å². The van der Waals surface area contributed by atoms with Crippen LogP contribution in [0.3, 0.4) is 0 Å². The molecule has 0 bridgehead atoms. The van der Waals surface area contributed by atoms with Crippen molar-refractivity contribution < 1.29 is 0 Å². The second-order valence-corrected chi connectivity index (χ2v) is 2.99. The summed E-state index contributed by atoms with van der Waals surface area (Å²) in [6, 6.07) is 10.4. The smallest absolute Gasteiger partial charge is 0.00105 e. The minimum Gasteiger partial charge on any atom is -0.0887 e. The number of thiocarbonyl (C=S) groups is 1. The van der Waals surface area contributed by atoms with Crippen molar-refractivity contribution in [2.75, 3.05) is 0 Å². The van der Waals surface area contributed by atoms with Crippen LogP contribution in [0.4, 0.5) is 0 Å². The Morgan fingerprint density at radius 1 is 1.25 bits per heavy atom. The zero-order valence-corrected chi connectivity index (χ0v) is 7.92. The number of benzene rings is 1. The zero-order valence-electron chi connectivity index (χ0n) is 7.10. The van der Waals surface area contributed by atoms with E-state index in [0.29, 0.717) is 5.92 Å². The maximum atomic E-state index is 4.71. The zero-order chi connectivity index (χ0) is 8.81. The van der Waals surface area contributed by atoms with Crippen LogP contribution >= 0.6 is 12.2 Å². The first kappa shape index (κ1) is 9.14. The van der Waals surface area contributed by atoms with E-state index in [4.69, 9.17) is 12.2 Å². The molecule has 0 saturated carbocycles. The van der Waals surface area contributed by atoms with Gasteiger partial charge in [0.1, 0.15) is 0 Å². The number of allylic oxidation sites excluding steroid dienone is 2. The van der Waals surface area contributed by atoms with E-state index in [1.54, 1.807) is 5.37 Å². The number of hydrogen-bond donors (Lipinski definition) is 0. The summed E-state index contributed by atoms with van der Waals surface area (Å²) in [6.07, 6.45) is 4.01. The topological polar surface area (TPSA) is 0 Å². The third-order valence-electron chi connectivity index (χ3n) is 1.80. The van der Waals surface area contributed by atoms with Crippen LogP contribution in [0.25, 0.3) is 0 Å². The van der Waals surface area contributed by atoms with Gasteiger partial charge in [-0.05, 0) is 11.5 Å². The van der Waals surface area contributed by atoms with Crippen molar-refractivity contribution >= 4 is 17.6 Å². The van der Waals surface area contributed by atoms with Crippen LogP contribution in [-0.4, -0.2) is 5.37 Å². The normalized spacial score (nSPS) is 13.1. The molecule has 1 aromatic carbocycles. The maximum absolute atomic E-state index is 4.71. The van der Waals surface area contributed by atoms with Gasteiger partial charge in [-0.3, -0.25) is 0 Å². The molecule has 1 rings (SSSR count). The maximum Gasteiger partial charge on any atom is 0.00105 e. The second kappa shape index (κ2) is 4.83. The highest BCUT2D eigenvalue weighted by Crippen LogP contribution is 2.14. The van der Waals surface area contributed by atoms with E-state index in [2.05, 4.69) is 37.3 Å². The van der Waals surface area contributed by atoms with E-state index in [1.165, 1.54) is 5.56 Å². The first-order valence-electron chi connectivity index (χ1n) is 4.01. The lowest BCUT2D eigenvalue weighted by atomic mass is 10.0. The molecule has 0 heterocycles. The molecule has 0 aliphatic carbocycles. The van der Waals surface area contributed by atoms with Gasteiger partial charge >= 0.3 is 0 Å². The molecule has 0 amide bonds. The van der Waals surface area contributed by atoms with Gasteiger partial charge in [-0.25, -0.2) is 0 Å². The van der Waals surface area contributed by atoms with Crippen LogP contribution in [-0.2, 0) is 0 Å². The summed E-state index contributed by atoms with van der Waals surface area (Å²) in [5, 5.41) is 1.64. The molecule has 0 spiro atoms. The van der Waals surface area contributed by atoms with Gasteiger partial charge in [-0.15, -0.1) is 0 Å². The highest BCUT2D eigenvalue weighted by molar-refractivity contribution is 7.79. The molecule has 0 radical (unpaired) electrons. The molecular formula is C11H12S. The molecular weight excluding hydrogens is 164 g/mol. The standard InChI is InChI=1S/C11H12S/c1-10(6-5-9-12)11-7-3-2-4-8-11/h2-10H,1H3. The van der Waals surface area contributed by atoms with Crippen molar-refractivity contribution in [3.63, 3.8) is 0 Å². The summed E-state index contributed by atoms with van der Waals surface area (Å²) < 4.78 is 0. The SMILES string of the molecule is CC(C=CC=S)c1ccccc1. The quantitative estimate of drug-likeness (QED) is 0.503. The third-order valence-corrected chi connectivity index (χ3v) is 1.96. The predicted molar refractivity (Wildman–Crippen MR) is 57.7 cm³/mol. The van der Waals surface area contributed by atoms with Crippen molar-refractivity contribution in [2.24, 2.45) is 0 Å². The highest BCUT2D eigenvalue weighted by Gasteiger charge is 1.97. The van der Waals surface area contributed by atoms with Gasteiger partial charge in [-0.2, -0.15) is 0 Å². The van der Waals surface area contributed by atoms with Crippen LogP contribution in [0.2, 0.25) is 0 Å². The van der Waals surface area contributed by atoms with Crippen molar-refractivity contribution in [3.05, 3.63) is 48.0 Å². The molecule has 0 N–H and O–H groups in total. The van der Waals surface area contributed by atoms with E-state index in [0.717, 1.165) is 0 Å². The summed E-state index contributed by atoms with van der Waals surface area (Å²) in [5.74, 6) is 0.449. The molecule has 1 atom stereocenters. The second-order valence-electron chi connectivity index (χ2n) is 2.72. The largest absolute Gasteiger partial charge is 0.0887 e. The minimum atomic E-state index is 0.449. The molecule has 1 unspecified atom stereocenters. The lowest BCUT2D eigenvalue weighted by Gasteiger charge is -2.04. The van der Waals surface area contributed by atoms with E-state index in [9.17, 15) is 0 Å². The Morgan fingerprint density at radius 2 is 1.92 bits per heavy atom. The third kappa shape index (κ3) is 2.59. The lowest BCUT2D eigenvalue weighted by molar-refractivity contribution is 0.969. The highest BCUT2D eigenvalue weighted by atomic mass is 32.1. The van der Waals surface area contributed by atoms with Gasteiger partial charge in [0.05, 0.1) is 0 Å². The Balaban J connectivity index is 2.71. The van der Waals surface area contributed by atoms with Crippen molar-refractivity contribution in [3.8, 4) is 0 Å². The first-order chi connectivity index (χ1) is 5.84. The minimum absolute atomic E-state index is 0.449. The molecule has 12 heavy (non-hydrogen) atoms. The number of hydrogen-bond acceptors (Lipinski definition) is 1. The molecule has 62 valence electrons. The fraction of sp³-hybridized carbons (Fsp3) is 0.182. The number of rotatable bonds is 3. The summed E-state index contributed by atoms with van der Waals surface area (Å²) in [7, 11) is 0. The van der Waals surface area contributed by atoms with Crippen LogP contribution in [0.5, 0.6) is 0 Å². The Bertz CT molecular complexity index is 262.